The molecule has 0 aliphatic rings. The Morgan fingerprint density at radius 2 is 1.86 bits per heavy atom. The van der Waals surface area contributed by atoms with E-state index in [4.69, 9.17) is 9.84 Å². The molecule has 1 unspecified atom stereocenters. The van der Waals surface area contributed by atoms with E-state index in [0.717, 1.165) is 0 Å². The monoisotopic (exact) mass is 202 g/mol. The van der Waals surface area contributed by atoms with Gasteiger partial charge in [-0.1, -0.05) is 13.8 Å². The molecule has 0 radical (unpaired) electrons. The Kier molecular flexibility index (Phi) is 5.13. The van der Waals surface area contributed by atoms with Gasteiger partial charge in [0, 0.05) is 6.61 Å². The highest BCUT2D eigenvalue weighted by Crippen LogP contribution is 2.20. The molecule has 0 aliphatic carbocycles. The minimum Gasteiger partial charge on any atom is -0.481 e. The van der Waals surface area contributed by atoms with Crippen LogP contribution < -0.4 is 0 Å². The lowest BCUT2D eigenvalue weighted by atomic mass is 9.90. The second kappa shape index (κ2) is 5.35. The van der Waals surface area contributed by atoms with Crippen molar-refractivity contribution < 1.29 is 14.6 Å². The molecule has 0 aromatic rings. The van der Waals surface area contributed by atoms with Gasteiger partial charge >= 0.3 is 5.97 Å². The van der Waals surface area contributed by atoms with Gasteiger partial charge in [0.1, 0.15) is 0 Å². The quantitative estimate of drug-likeness (QED) is 0.720. The van der Waals surface area contributed by atoms with Crippen molar-refractivity contribution in [3.8, 4) is 0 Å². The highest BCUT2D eigenvalue weighted by molar-refractivity contribution is 5.73. The Balaban J connectivity index is 3.79. The molecule has 0 bridgehead atoms. The minimum absolute atomic E-state index is 0.194. The molecular formula is C11H22O3. The van der Waals surface area contributed by atoms with Gasteiger partial charge in [-0.25, -0.2) is 0 Å². The number of hydrogen-bond donors (Lipinski definition) is 1. The average Bonchev–Trinajstić information content (AvgIpc) is 2.03. The van der Waals surface area contributed by atoms with Gasteiger partial charge in [0.2, 0.25) is 0 Å². The normalized spacial score (nSPS) is 14.4. The summed E-state index contributed by atoms with van der Waals surface area (Å²) in [5.74, 6) is -0.291. The lowest BCUT2D eigenvalue weighted by Gasteiger charge is -2.22. The molecular weight excluding hydrogens is 180 g/mol. The lowest BCUT2D eigenvalue weighted by Crippen LogP contribution is -2.27. The van der Waals surface area contributed by atoms with E-state index in [1.165, 1.54) is 0 Å². The van der Waals surface area contributed by atoms with Crippen molar-refractivity contribution in [2.75, 3.05) is 6.61 Å². The largest absolute Gasteiger partial charge is 0.481 e. The zero-order valence-corrected chi connectivity index (χ0v) is 9.83. The van der Waals surface area contributed by atoms with E-state index in [-0.39, 0.29) is 6.10 Å². The van der Waals surface area contributed by atoms with E-state index >= 15 is 0 Å². The molecule has 3 heteroatoms. The predicted octanol–water partition coefficient (Wildman–Crippen LogP) is 2.55. The highest BCUT2D eigenvalue weighted by Gasteiger charge is 2.26. The number of hydrogen-bond acceptors (Lipinski definition) is 2. The van der Waals surface area contributed by atoms with Crippen molar-refractivity contribution in [2.45, 2.75) is 47.1 Å². The van der Waals surface area contributed by atoms with Crippen molar-refractivity contribution in [2.24, 2.45) is 11.3 Å². The van der Waals surface area contributed by atoms with Crippen LogP contribution in [-0.4, -0.2) is 23.8 Å². The Morgan fingerprint density at radius 1 is 1.36 bits per heavy atom. The fourth-order valence-electron chi connectivity index (χ4n) is 0.799. The number of ether oxygens (including phenoxy) is 1. The lowest BCUT2D eigenvalue weighted by molar-refractivity contribution is -0.148. The van der Waals surface area contributed by atoms with Crippen LogP contribution in [0.15, 0.2) is 0 Å². The number of rotatable bonds is 6. The third kappa shape index (κ3) is 4.61. The van der Waals surface area contributed by atoms with Crippen molar-refractivity contribution >= 4 is 5.97 Å². The molecule has 0 rings (SSSR count). The maximum Gasteiger partial charge on any atom is 0.309 e. The van der Waals surface area contributed by atoms with E-state index < -0.39 is 11.4 Å². The standard InChI is InChI=1S/C11H22O3/c1-8(2)9(3)14-7-6-11(4,5)10(12)13/h8-9H,6-7H2,1-5H3,(H,12,13). The summed E-state index contributed by atoms with van der Waals surface area (Å²) in [6.45, 7) is 10.1. The number of carboxylic acid groups (broad SMARTS) is 1. The number of aliphatic carboxylic acids is 1. The smallest absolute Gasteiger partial charge is 0.309 e. The molecule has 1 N–H and O–H groups in total. The molecule has 0 spiro atoms. The van der Waals surface area contributed by atoms with Gasteiger partial charge in [-0.2, -0.15) is 0 Å². The summed E-state index contributed by atoms with van der Waals surface area (Å²) < 4.78 is 5.53. The van der Waals surface area contributed by atoms with Crippen LogP contribution in [-0.2, 0) is 9.53 Å². The van der Waals surface area contributed by atoms with Crippen molar-refractivity contribution in [3.05, 3.63) is 0 Å². The van der Waals surface area contributed by atoms with Crippen LogP contribution in [0.25, 0.3) is 0 Å². The summed E-state index contributed by atoms with van der Waals surface area (Å²) in [4.78, 5) is 10.8. The molecule has 0 aromatic heterocycles. The molecule has 84 valence electrons. The molecule has 0 aliphatic heterocycles. The average molecular weight is 202 g/mol. The highest BCUT2D eigenvalue weighted by atomic mass is 16.5. The maximum atomic E-state index is 10.8. The van der Waals surface area contributed by atoms with E-state index in [0.29, 0.717) is 18.9 Å². The van der Waals surface area contributed by atoms with Gasteiger partial charge in [0.05, 0.1) is 11.5 Å². The first-order valence-electron chi connectivity index (χ1n) is 5.12. The summed E-state index contributed by atoms with van der Waals surface area (Å²) in [5, 5.41) is 8.86. The zero-order valence-electron chi connectivity index (χ0n) is 9.83. The van der Waals surface area contributed by atoms with E-state index in [1.54, 1.807) is 13.8 Å². The van der Waals surface area contributed by atoms with E-state index in [1.807, 2.05) is 6.92 Å². The van der Waals surface area contributed by atoms with Gasteiger partial charge in [-0.05, 0) is 33.1 Å². The Labute approximate surface area is 86.5 Å². The Hall–Kier alpha value is -0.570. The fourth-order valence-corrected chi connectivity index (χ4v) is 0.799. The minimum atomic E-state index is -0.765. The van der Waals surface area contributed by atoms with E-state index in [9.17, 15) is 4.79 Å². The second-order valence-electron chi connectivity index (χ2n) is 4.76. The zero-order chi connectivity index (χ0) is 11.4. The van der Waals surface area contributed by atoms with Crippen LogP contribution in [0, 0.1) is 11.3 Å². The van der Waals surface area contributed by atoms with Crippen LogP contribution in [0.4, 0.5) is 0 Å². The summed E-state index contributed by atoms with van der Waals surface area (Å²) in [6, 6.07) is 0. The van der Waals surface area contributed by atoms with Crippen molar-refractivity contribution in [1.82, 2.24) is 0 Å². The Morgan fingerprint density at radius 3 is 2.21 bits per heavy atom. The van der Waals surface area contributed by atoms with Crippen LogP contribution in [0.3, 0.4) is 0 Å². The SMILES string of the molecule is CC(C)C(C)OCCC(C)(C)C(=O)O. The van der Waals surface area contributed by atoms with Gasteiger partial charge in [0.15, 0.2) is 0 Å². The molecule has 0 amide bonds. The van der Waals surface area contributed by atoms with Gasteiger partial charge in [0.25, 0.3) is 0 Å². The van der Waals surface area contributed by atoms with Gasteiger partial charge < -0.3 is 9.84 Å². The predicted molar refractivity (Wildman–Crippen MR) is 56.3 cm³/mol. The summed E-state index contributed by atoms with van der Waals surface area (Å²) in [7, 11) is 0. The van der Waals surface area contributed by atoms with Crippen LogP contribution in [0.1, 0.15) is 41.0 Å². The third-order valence-electron chi connectivity index (χ3n) is 2.63. The summed E-state index contributed by atoms with van der Waals surface area (Å²) in [5.41, 5.74) is -0.684. The maximum absolute atomic E-state index is 10.8. The second-order valence-corrected chi connectivity index (χ2v) is 4.76. The van der Waals surface area contributed by atoms with Gasteiger partial charge in [-0.15, -0.1) is 0 Å². The molecule has 3 nitrogen and oxygen atoms in total. The van der Waals surface area contributed by atoms with Crippen LogP contribution in [0.5, 0.6) is 0 Å². The summed E-state index contributed by atoms with van der Waals surface area (Å²) >= 11 is 0. The van der Waals surface area contributed by atoms with Crippen LogP contribution in [0.2, 0.25) is 0 Å². The molecule has 0 aromatic carbocycles. The van der Waals surface area contributed by atoms with Crippen molar-refractivity contribution in [3.63, 3.8) is 0 Å². The number of carboxylic acids is 1. The molecule has 0 saturated heterocycles. The van der Waals surface area contributed by atoms with Gasteiger partial charge in [-0.3, -0.25) is 4.79 Å². The molecule has 0 fully saturated rings. The third-order valence-corrected chi connectivity index (χ3v) is 2.63. The molecule has 0 saturated carbocycles. The summed E-state index contributed by atoms with van der Waals surface area (Å²) in [6.07, 6.45) is 0.749. The van der Waals surface area contributed by atoms with Crippen LogP contribution >= 0.6 is 0 Å². The Bertz CT molecular complexity index is 185. The number of carbonyl (C=O) groups is 1. The molecule has 1 atom stereocenters. The first kappa shape index (κ1) is 13.4. The fraction of sp³-hybridized carbons (Fsp3) is 0.909. The van der Waals surface area contributed by atoms with E-state index in [2.05, 4.69) is 13.8 Å². The van der Waals surface area contributed by atoms with Crippen molar-refractivity contribution in [1.29, 1.82) is 0 Å². The topological polar surface area (TPSA) is 46.5 Å². The first-order valence-corrected chi connectivity index (χ1v) is 5.12. The molecule has 0 heterocycles. The first-order chi connectivity index (χ1) is 6.27. The molecule has 14 heavy (non-hydrogen) atoms.